The third-order valence-electron chi connectivity index (χ3n) is 4.69. The number of fused-ring (bicyclic) bond motifs is 2. The molecule has 2 aromatic heterocycles. The van der Waals surface area contributed by atoms with Gasteiger partial charge in [-0.1, -0.05) is 23.4 Å². The maximum absolute atomic E-state index is 12.5. The van der Waals surface area contributed by atoms with Gasteiger partial charge in [-0.3, -0.25) is 9.59 Å². The van der Waals surface area contributed by atoms with Gasteiger partial charge in [0.25, 0.3) is 11.7 Å². The molecular formula is C21H15N3O5. The fourth-order valence-electron chi connectivity index (χ4n) is 3.21. The van der Waals surface area contributed by atoms with Crippen molar-refractivity contribution in [1.82, 2.24) is 15.5 Å². The number of Topliss-reactive ketones (excluding diaryl/α,β-unsaturated/α-hetero) is 1. The zero-order valence-corrected chi connectivity index (χ0v) is 15.1. The Kier molecular flexibility index (Phi) is 4.02. The summed E-state index contributed by atoms with van der Waals surface area (Å²) < 4.78 is 16.0. The molecule has 8 nitrogen and oxygen atoms in total. The highest BCUT2D eigenvalue weighted by Crippen LogP contribution is 2.36. The summed E-state index contributed by atoms with van der Waals surface area (Å²) in [5, 5.41) is 7.25. The molecule has 8 heteroatoms. The second-order valence-corrected chi connectivity index (χ2v) is 6.51. The molecule has 1 amide bonds. The van der Waals surface area contributed by atoms with Crippen LogP contribution in [-0.2, 0) is 11.3 Å². The van der Waals surface area contributed by atoms with E-state index in [1.807, 2.05) is 24.3 Å². The van der Waals surface area contributed by atoms with Crippen LogP contribution in [0.2, 0.25) is 0 Å². The van der Waals surface area contributed by atoms with Crippen molar-refractivity contribution in [3.05, 3.63) is 66.0 Å². The van der Waals surface area contributed by atoms with E-state index in [0.717, 1.165) is 11.1 Å². The Labute approximate surface area is 164 Å². The maximum Gasteiger partial charge on any atom is 0.292 e. The molecule has 0 aliphatic carbocycles. The predicted molar refractivity (Wildman–Crippen MR) is 103 cm³/mol. The van der Waals surface area contributed by atoms with Gasteiger partial charge in [-0.2, -0.15) is 0 Å². The molecule has 0 saturated carbocycles. The summed E-state index contributed by atoms with van der Waals surface area (Å²) in [4.78, 5) is 27.8. The quantitative estimate of drug-likeness (QED) is 0.401. The first-order valence-electron chi connectivity index (χ1n) is 8.93. The average Bonchev–Trinajstić information content (AvgIpc) is 3.50. The minimum atomic E-state index is -0.706. The standard InChI is InChI=1S/C21H15N3O5/c25-20(15-10-22-16-4-2-1-3-14(15)16)21(26)23-9-13-8-18(29-24-13)12-5-6-17-19(7-12)28-11-27-17/h1-8,10,22H,9,11H2,(H,23,26). The van der Waals surface area contributed by atoms with Crippen LogP contribution in [0.15, 0.2) is 59.3 Å². The van der Waals surface area contributed by atoms with E-state index in [4.69, 9.17) is 14.0 Å². The molecule has 29 heavy (non-hydrogen) atoms. The van der Waals surface area contributed by atoms with Gasteiger partial charge in [0.1, 0.15) is 5.69 Å². The first-order valence-corrected chi connectivity index (χ1v) is 8.93. The van der Waals surface area contributed by atoms with Gasteiger partial charge in [-0.15, -0.1) is 0 Å². The van der Waals surface area contributed by atoms with Crippen LogP contribution in [0.25, 0.3) is 22.2 Å². The first-order chi connectivity index (χ1) is 14.2. The third kappa shape index (κ3) is 3.10. The number of rotatable bonds is 5. The van der Waals surface area contributed by atoms with Crippen LogP contribution in [0.3, 0.4) is 0 Å². The molecule has 3 heterocycles. The van der Waals surface area contributed by atoms with Gasteiger partial charge in [0.15, 0.2) is 17.3 Å². The number of ketones is 1. The summed E-state index contributed by atoms with van der Waals surface area (Å²) in [5.41, 5.74) is 2.40. The molecule has 0 unspecified atom stereocenters. The largest absolute Gasteiger partial charge is 0.454 e. The van der Waals surface area contributed by atoms with Crippen molar-refractivity contribution in [2.24, 2.45) is 0 Å². The van der Waals surface area contributed by atoms with Crippen molar-refractivity contribution >= 4 is 22.6 Å². The van der Waals surface area contributed by atoms with Gasteiger partial charge in [0, 0.05) is 28.7 Å². The molecule has 4 aromatic rings. The number of nitrogens with zero attached hydrogens (tertiary/aromatic N) is 1. The van der Waals surface area contributed by atoms with Crippen molar-refractivity contribution < 1.29 is 23.6 Å². The lowest BCUT2D eigenvalue weighted by atomic mass is 10.1. The van der Waals surface area contributed by atoms with Gasteiger partial charge in [-0.25, -0.2) is 0 Å². The van der Waals surface area contributed by atoms with Crippen LogP contribution in [0.5, 0.6) is 11.5 Å². The van der Waals surface area contributed by atoms with Crippen molar-refractivity contribution in [2.75, 3.05) is 6.79 Å². The summed E-state index contributed by atoms with van der Waals surface area (Å²) in [5.74, 6) is 0.523. The SMILES string of the molecule is O=C(NCc1cc(-c2ccc3c(c2)OCO3)on1)C(=O)c1c[nH]c2ccccc12. The number of carbonyl (C=O) groups is 2. The van der Waals surface area contributed by atoms with E-state index >= 15 is 0 Å². The molecule has 2 aromatic carbocycles. The van der Waals surface area contributed by atoms with Crippen LogP contribution in [0.1, 0.15) is 16.1 Å². The zero-order valence-electron chi connectivity index (χ0n) is 15.1. The van der Waals surface area contributed by atoms with Gasteiger partial charge in [-0.05, 0) is 24.3 Å². The van der Waals surface area contributed by atoms with Gasteiger partial charge < -0.3 is 24.3 Å². The van der Waals surface area contributed by atoms with Crippen molar-refractivity contribution in [2.45, 2.75) is 6.54 Å². The first kappa shape index (κ1) is 17.1. The molecule has 0 bridgehead atoms. The lowest BCUT2D eigenvalue weighted by Gasteiger charge is -2.01. The van der Waals surface area contributed by atoms with Gasteiger partial charge in [0.2, 0.25) is 6.79 Å². The van der Waals surface area contributed by atoms with E-state index in [1.54, 1.807) is 30.5 Å². The Balaban J connectivity index is 1.27. The molecule has 1 aliphatic rings. The predicted octanol–water partition coefficient (Wildman–Crippen LogP) is 3.05. The van der Waals surface area contributed by atoms with E-state index < -0.39 is 11.7 Å². The number of ether oxygens (including phenoxy) is 2. The number of para-hydroxylation sites is 1. The minimum Gasteiger partial charge on any atom is -0.454 e. The third-order valence-corrected chi connectivity index (χ3v) is 4.69. The maximum atomic E-state index is 12.5. The minimum absolute atomic E-state index is 0.0704. The summed E-state index contributed by atoms with van der Waals surface area (Å²) >= 11 is 0. The Morgan fingerprint density at radius 1 is 1.07 bits per heavy atom. The number of benzene rings is 2. The zero-order chi connectivity index (χ0) is 19.8. The second kappa shape index (κ2) is 6.83. The van der Waals surface area contributed by atoms with E-state index in [1.165, 1.54) is 0 Å². The van der Waals surface area contributed by atoms with Crippen molar-refractivity contribution in [3.8, 4) is 22.8 Å². The molecule has 0 atom stereocenters. The molecule has 5 rings (SSSR count). The smallest absolute Gasteiger partial charge is 0.292 e. The normalized spacial score (nSPS) is 12.3. The molecule has 144 valence electrons. The number of hydrogen-bond donors (Lipinski definition) is 2. The summed E-state index contributed by atoms with van der Waals surface area (Å²) in [6.07, 6.45) is 1.54. The van der Waals surface area contributed by atoms with Gasteiger partial charge in [0.05, 0.1) is 12.1 Å². The molecule has 0 radical (unpaired) electrons. The Bertz CT molecular complexity index is 1240. The number of carbonyl (C=O) groups excluding carboxylic acids is 2. The number of amides is 1. The van der Waals surface area contributed by atoms with Crippen molar-refractivity contribution in [3.63, 3.8) is 0 Å². The average molecular weight is 389 g/mol. The second-order valence-electron chi connectivity index (χ2n) is 6.51. The lowest BCUT2D eigenvalue weighted by molar-refractivity contribution is -0.117. The number of hydrogen-bond acceptors (Lipinski definition) is 6. The number of H-pyrrole nitrogens is 1. The molecule has 2 N–H and O–H groups in total. The Morgan fingerprint density at radius 3 is 2.86 bits per heavy atom. The highest BCUT2D eigenvalue weighted by atomic mass is 16.7. The summed E-state index contributed by atoms with van der Waals surface area (Å²) in [6.45, 7) is 0.262. The molecule has 0 spiro atoms. The number of aromatic nitrogens is 2. The number of nitrogens with one attached hydrogen (secondary N) is 2. The van der Waals surface area contributed by atoms with Crippen molar-refractivity contribution in [1.29, 1.82) is 0 Å². The van der Waals surface area contributed by atoms with Crippen LogP contribution in [0.4, 0.5) is 0 Å². The summed E-state index contributed by atoms with van der Waals surface area (Å²) in [7, 11) is 0. The topological polar surface area (TPSA) is 106 Å². The highest BCUT2D eigenvalue weighted by molar-refractivity contribution is 6.44. The molecule has 0 saturated heterocycles. The van der Waals surface area contributed by atoms with Gasteiger partial charge >= 0.3 is 0 Å². The van der Waals surface area contributed by atoms with E-state index in [2.05, 4.69) is 15.5 Å². The van der Waals surface area contributed by atoms with E-state index in [9.17, 15) is 9.59 Å². The van der Waals surface area contributed by atoms with E-state index in [-0.39, 0.29) is 13.3 Å². The number of aromatic amines is 1. The van der Waals surface area contributed by atoms with E-state index in [0.29, 0.717) is 33.9 Å². The van der Waals surface area contributed by atoms with Crippen LogP contribution in [-0.4, -0.2) is 28.6 Å². The fraction of sp³-hybridized carbons (Fsp3) is 0.0952. The van der Waals surface area contributed by atoms with Crippen LogP contribution >= 0.6 is 0 Å². The fourth-order valence-corrected chi connectivity index (χ4v) is 3.21. The monoisotopic (exact) mass is 389 g/mol. The Hall–Kier alpha value is -4.07. The lowest BCUT2D eigenvalue weighted by Crippen LogP contribution is -2.30. The van der Waals surface area contributed by atoms with Crippen LogP contribution in [0, 0.1) is 0 Å². The molecule has 1 aliphatic heterocycles. The van der Waals surface area contributed by atoms with Crippen LogP contribution < -0.4 is 14.8 Å². The summed E-state index contributed by atoms with van der Waals surface area (Å²) in [6, 6.07) is 14.4. The highest BCUT2D eigenvalue weighted by Gasteiger charge is 2.20. The Morgan fingerprint density at radius 2 is 1.93 bits per heavy atom. The molecule has 0 fully saturated rings. The molecular weight excluding hydrogens is 374 g/mol.